The number of carbonyl (C=O) groups is 1. The maximum atomic E-state index is 11.3. The minimum absolute atomic E-state index is 0.0435. The van der Waals surface area contributed by atoms with E-state index >= 15 is 0 Å². The maximum absolute atomic E-state index is 11.3. The van der Waals surface area contributed by atoms with Crippen LogP contribution in [-0.2, 0) is 22.6 Å². The first-order valence-corrected chi connectivity index (χ1v) is 5.10. The summed E-state index contributed by atoms with van der Waals surface area (Å²) in [4.78, 5) is 11.3. The first-order chi connectivity index (χ1) is 7.58. The van der Waals surface area contributed by atoms with E-state index in [1.807, 2.05) is 11.5 Å². The fourth-order valence-electron chi connectivity index (χ4n) is 1.80. The highest BCUT2D eigenvalue weighted by atomic mass is 16.5. The number of fused-ring (bicyclic) bond motifs is 1. The molecule has 0 bridgehead atoms. The van der Waals surface area contributed by atoms with Crippen molar-refractivity contribution < 1.29 is 19.4 Å². The van der Waals surface area contributed by atoms with Crippen molar-refractivity contribution in [3.8, 4) is 0 Å². The van der Waals surface area contributed by atoms with Crippen LogP contribution in [0.4, 0.5) is 0 Å². The standard InChI is InChI=1S/C11H15NO4/c1-11(7-13)6-12-4-8(10(14)15-2)3-9(12)5-16-11/h3-4,13H,5-7H2,1-2H3. The predicted octanol–water partition coefficient (Wildman–Crippen LogP) is 0.556. The zero-order valence-electron chi connectivity index (χ0n) is 9.40. The number of esters is 1. The summed E-state index contributed by atoms with van der Waals surface area (Å²) in [5.41, 5.74) is 0.869. The Morgan fingerprint density at radius 1 is 1.75 bits per heavy atom. The van der Waals surface area contributed by atoms with Crippen molar-refractivity contribution in [3.63, 3.8) is 0 Å². The summed E-state index contributed by atoms with van der Waals surface area (Å²) in [7, 11) is 1.35. The second-order valence-corrected chi connectivity index (χ2v) is 4.24. The number of ether oxygens (including phenoxy) is 2. The van der Waals surface area contributed by atoms with Crippen LogP contribution in [0, 0.1) is 0 Å². The maximum Gasteiger partial charge on any atom is 0.339 e. The molecule has 1 N–H and O–H groups in total. The quantitative estimate of drug-likeness (QED) is 0.747. The van der Waals surface area contributed by atoms with Gasteiger partial charge < -0.3 is 19.1 Å². The molecule has 1 aromatic heterocycles. The Morgan fingerprint density at radius 2 is 2.50 bits per heavy atom. The summed E-state index contributed by atoms with van der Waals surface area (Å²) >= 11 is 0. The third kappa shape index (κ3) is 1.83. The molecule has 0 aliphatic carbocycles. The van der Waals surface area contributed by atoms with Gasteiger partial charge in [-0.25, -0.2) is 4.79 Å². The highest BCUT2D eigenvalue weighted by molar-refractivity contribution is 5.89. The number of carbonyl (C=O) groups excluding carboxylic acids is 1. The van der Waals surface area contributed by atoms with Crippen molar-refractivity contribution in [1.82, 2.24) is 4.57 Å². The third-order valence-corrected chi connectivity index (χ3v) is 2.81. The molecule has 0 spiro atoms. The van der Waals surface area contributed by atoms with Gasteiger partial charge in [0.15, 0.2) is 0 Å². The molecule has 2 rings (SSSR count). The lowest BCUT2D eigenvalue weighted by Crippen LogP contribution is -2.41. The lowest BCUT2D eigenvalue weighted by Gasteiger charge is -2.33. The van der Waals surface area contributed by atoms with E-state index in [-0.39, 0.29) is 12.6 Å². The topological polar surface area (TPSA) is 60.7 Å². The smallest absolute Gasteiger partial charge is 0.339 e. The SMILES string of the molecule is COC(=O)c1cc2n(c1)CC(C)(CO)OC2. The number of nitrogens with zero attached hydrogens (tertiary/aromatic N) is 1. The largest absolute Gasteiger partial charge is 0.465 e. The summed E-state index contributed by atoms with van der Waals surface area (Å²) in [6.45, 7) is 2.73. The molecular formula is C11H15NO4. The Hall–Kier alpha value is -1.33. The number of rotatable bonds is 2. The normalized spacial score (nSPS) is 23.9. The first-order valence-electron chi connectivity index (χ1n) is 5.10. The van der Waals surface area contributed by atoms with Gasteiger partial charge in [-0.2, -0.15) is 0 Å². The lowest BCUT2D eigenvalue weighted by atomic mass is 10.1. The van der Waals surface area contributed by atoms with Crippen LogP contribution in [0.2, 0.25) is 0 Å². The molecule has 1 unspecified atom stereocenters. The van der Waals surface area contributed by atoms with E-state index in [0.29, 0.717) is 18.7 Å². The Labute approximate surface area is 93.6 Å². The molecular weight excluding hydrogens is 210 g/mol. The van der Waals surface area contributed by atoms with Crippen molar-refractivity contribution >= 4 is 5.97 Å². The van der Waals surface area contributed by atoms with Gasteiger partial charge in [0.25, 0.3) is 0 Å². The van der Waals surface area contributed by atoms with Gasteiger partial charge in [0.05, 0.1) is 32.4 Å². The Balaban J connectivity index is 2.26. The fraction of sp³-hybridized carbons (Fsp3) is 0.545. The predicted molar refractivity (Wildman–Crippen MR) is 56.1 cm³/mol. The van der Waals surface area contributed by atoms with Crippen molar-refractivity contribution in [2.45, 2.75) is 25.7 Å². The Morgan fingerprint density at radius 3 is 3.12 bits per heavy atom. The molecule has 0 radical (unpaired) electrons. The zero-order chi connectivity index (χ0) is 11.8. The van der Waals surface area contributed by atoms with Gasteiger partial charge in [-0.3, -0.25) is 0 Å². The van der Waals surface area contributed by atoms with Crippen LogP contribution in [0.15, 0.2) is 12.3 Å². The van der Waals surface area contributed by atoms with Gasteiger partial charge >= 0.3 is 5.97 Å². The van der Waals surface area contributed by atoms with Crippen molar-refractivity contribution in [2.75, 3.05) is 13.7 Å². The van der Waals surface area contributed by atoms with Crippen LogP contribution in [-0.4, -0.2) is 35.0 Å². The fourth-order valence-corrected chi connectivity index (χ4v) is 1.80. The van der Waals surface area contributed by atoms with E-state index in [4.69, 9.17) is 4.74 Å². The number of hydrogen-bond acceptors (Lipinski definition) is 4. The zero-order valence-corrected chi connectivity index (χ0v) is 9.40. The van der Waals surface area contributed by atoms with E-state index < -0.39 is 5.60 Å². The third-order valence-electron chi connectivity index (χ3n) is 2.81. The molecule has 88 valence electrons. The molecule has 0 saturated carbocycles. The molecule has 5 nitrogen and oxygen atoms in total. The van der Waals surface area contributed by atoms with E-state index in [1.54, 1.807) is 12.3 Å². The minimum atomic E-state index is -0.570. The number of aliphatic hydroxyl groups excluding tert-OH is 1. The highest BCUT2D eigenvalue weighted by Crippen LogP contribution is 2.24. The Bertz CT molecular complexity index is 412. The van der Waals surface area contributed by atoms with Crippen molar-refractivity contribution in [1.29, 1.82) is 0 Å². The summed E-state index contributed by atoms with van der Waals surface area (Å²) < 4.78 is 12.1. The summed E-state index contributed by atoms with van der Waals surface area (Å²) in [6.07, 6.45) is 1.73. The highest BCUT2D eigenvalue weighted by Gasteiger charge is 2.31. The van der Waals surface area contributed by atoms with Gasteiger partial charge in [0.2, 0.25) is 0 Å². The molecule has 1 aliphatic heterocycles. The van der Waals surface area contributed by atoms with Crippen LogP contribution in [0.3, 0.4) is 0 Å². The number of methoxy groups -OCH3 is 1. The molecule has 1 aliphatic rings. The molecule has 0 saturated heterocycles. The van der Waals surface area contributed by atoms with Crippen LogP contribution < -0.4 is 0 Å². The van der Waals surface area contributed by atoms with Crippen molar-refractivity contribution in [2.24, 2.45) is 0 Å². The summed E-state index contributed by atoms with van der Waals surface area (Å²) in [5, 5.41) is 9.21. The van der Waals surface area contributed by atoms with Crippen LogP contribution in [0.1, 0.15) is 23.0 Å². The lowest BCUT2D eigenvalue weighted by molar-refractivity contribution is -0.104. The monoisotopic (exact) mass is 225 g/mol. The molecule has 0 fully saturated rings. The van der Waals surface area contributed by atoms with E-state index in [9.17, 15) is 9.90 Å². The molecule has 5 heteroatoms. The average Bonchev–Trinajstić information content (AvgIpc) is 2.70. The Kier molecular flexibility index (Phi) is 2.73. The van der Waals surface area contributed by atoms with E-state index in [0.717, 1.165) is 5.69 Å². The number of aromatic nitrogens is 1. The molecule has 16 heavy (non-hydrogen) atoms. The van der Waals surface area contributed by atoms with Gasteiger partial charge in [-0.05, 0) is 13.0 Å². The molecule has 1 atom stereocenters. The van der Waals surface area contributed by atoms with Gasteiger partial charge in [0, 0.05) is 11.9 Å². The van der Waals surface area contributed by atoms with Gasteiger partial charge in [-0.15, -0.1) is 0 Å². The summed E-state index contributed by atoms with van der Waals surface area (Å²) in [5.74, 6) is -0.354. The first kappa shape index (κ1) is 11.2. The van der Waals surface area contributed by atoms with Gasteiger partial charge in [0.1, 0.15) is 5.60 Å². The van der Waals surface area contributed by atoms with Gasteiger partial charge in [-0.1, -0.05) is 0 Å². The van der Waals surface area contributed by atoms with Crippen LogP contribution in [0.25, 0.3) is 0 Å². The second-order valence-electron chi connectivity index (χ2n) is 4.24. The van der Waals surface area contributed by atoms with E-state index in [2.05, 4.69) is 4.74 Å². The van der Waals surface area contributed by atoms with Crippen LogP contribution >= 0.6 is 0 Å². The van der Waals surface area contributed by atoms with Crippen LogP contribution in [0.5, 0.6) is 0 Å². The van der Waals surface area contributed by atoms with E-state index in [1.165, 1.54) is 7.11 Å². The summed E-state index contributed by atoms with van der Waals surface area (Å²) in [6, 6.07) is 1.75. The second kappa shape index (κ2) is 3.92. The molecule has 0 aromatic carbocycles. The molecule has 0 amide bonds. The minimum Gasteiger partial charge on any atom is -0.465 e. The number of hydrogen-bond donors (Lipinski definition) is 1. The number of aliphatic hydroxyl groups is 1. The van der Waals surface area contributed by atoms with Crippen molar-refractivity contribution in [3.05, 3.63) is 23.5 Å². The molecule has 2 heterocycles. The molecule has 1 aromatic rings. The average molecular weight is 225 g/mol.